The fraction of sp³-hybridized carbons (Fsp3) is 0.286. The molecule has 1 aliphatic rings. The van der Waals surface area contributed by atoms with E-state index in [0.717, 1.165) is 16.8 Å². The molecule has 0 atom stereocenters. The quantitative estimate of drug-likeness (QED) is 0.697. The molecular weight excluding hydrogens is 343 g/mol. The first-order valence-corrected chi connectivity index (χ1v) is 9.10. The molecule has 2 heterocycles. The van der Waals surface area contributed by atoms with Gasteiger partial charge in [0.15, 0.2) is 0 Å². The molecule has 3 aromatic rings. The molecule has 0 N–H and O–H groups in total. The molecule has 1 aromatic heterocycles. The van der Waals surface area contributed by atoms with E-state index in [9.17, 15) is 9.18 Å². The van der Waals surface area contributed by atoms with E-state index >= 15 is 0 Å². The molecular formula is C21H21FN4O. The van der Waals surface area contributed by atoms with Gasteiger partial charge in [-0.2, -0.15) is 0 Å². The maximum Gasteiger partial charge on any atom is 0.223 e. The van der Waals surface area contributed by atoms with Crippen LogP contribution in [0.1, 0.15) is 23.6 Å². The average molecular weight is 364 g/mol. The van der Waals surface area contributed by atoms with Crippen molar-refractivity contribution in [1.82, 2.24) is 19.9 Å². The van der Waals surface area contributed by atoms with Crippen molar-refractivity contribution in [3.63, 3.8) is 0 Å². The Bertz CT molecular complexity index is 948. The molecule has 138 valence electrons. The zero-order chi connectivity index (χ0) is 18.8. The maximum absolute atomic E-state index is 13.3. The van der Waals surface area contributed by atoms with Gasteiger partial charge in [-0.3, -0.25) is 4.79 Å². The van der Waals surface area contributed by atoms with Gasteiger partial charge in [-0.05, 0) is 30.5 Å². The van der Waals surface area contributed by atoms with E-state index in [-0.39, 0.29) is 17.8 Å². The van der Waals surface area contributed by atoms with Crippen molar-refractivity contribution < 1.29 is 9.18 Å². The van der Waals surface area contributed by atoms with Crippen molar-refractivity contribution in [1.29, 1.82) is 0 Å². The summed E-state index contributed by atoms with van der Waals surface area (Å²) < 4.78 is 15.2. The van der Waals surface area contributed by atoms with E-state index in [1.54, 1.807) is 13.0 Å². The summed E-state index contributed by atoms with van der Waals surface area (Å²) in [7, 11) is 0. The molecule has 0 spiro atoms. The summed E-state index contributed by atoms with van der Waals surface area (Å²) in [4.78, 5) is 14.2. The molecule has 27 heavy (non-hydrogen) atoms. The highest BCUT2D eigenvalue weighted by Crippen LogP contribution is 2.24. The Morgan fingerprint density at radius 3 is 2.70 bits per heavy atom. The van der Waals surface area contributed by atoms with Gasteiger partial charge in [-0.1, -0.05) is 47.7 Å². The summed E-state index contributed by atoms with van der Waals surface area (Å²) in [5.74, 6) is -0.0880. The minimum atomic E-state index is -0.210. The van der Waals surface area contributed by atoms with Gasteiger partial charge < -0.3 is 4.90 Å². The summed E-state index contributed by atoms with van der Waals surface area (Å²) in [5.41, 5.74) is 3.48. The second-order valence-corrected chi connectivity index (χ2v) is 6.99. The van der Waals surface area contributed by atoms with Gasteiger partial charge in [0.1, 0.15) is 11.5 Å². The Hall–Kier alpha value is -3.02. The van der Waals surface area contributed by atoms with Crippen molar-refractivity contribution in [2.75, 3.05) is 13.1 Å². The molecule has 1 aliphatic heterocycles. The fourth-order valence-corrected chi connectivity index (χ4v) is 3.29. The summed E-state index contributed by atoms with van der Waals surface area (Å²) in [5, 5.41) is 8.44. The molecule has 1 saturated heterocycles. The number of carbonyl (C=O) groups is 1. The van der Waals surface area contributed by atoms with Crippen LogP contribution in [0.2, 0.25) is 0 Å². The fourth-order valence-electron chi connectivity index (χ4n) is 3.29. The number of aryl methyl sites for hydroxylation is 2. The third-order valence-electron chi connectivity index (χ3n) is 5.02. The molecule has 0 bridgehead atoms. The van der Waals surface area contributed by atoms with Crippen molar-refractivity contribution in [2.45, 2.75) is 25.8 Å². The summed E-state index contributed by atoms with van der Waals surface area (Å²) in [6.07, 6.45) is 3.00. The number of nitrogens with zero attached hydrogens (tertiary/aromatic N) is 4. The van der Waals surface area contributed by atoms with Crippen LogP contribution in [0.5, 0.6) is 0 Å². The molecule has 0 unspecified atom stereocenters. The first kappa shape index (κ1) is 17.4. The first-order chi connectivity index (χ1) is 13.1. The standard InChI is InChI=1S/C21H21FN4O/c1-15-11-16(7-9-19(15)22)8-10-21(27)25-12-18(13-25)26-14-20(23-24-26)17-5-3-2-4-6-17/h2-7,9,11,14,18H,8,10,12-13H2,1H3. The van der Waals surface area contributed by atoms with Gasteiger partial charge in [-0.15, -0.1) is 5.10 Å². The molecule has 1 amide bonds. The Balaban J connectivity index is 1.29. The lowest BCUT2D eigenvalue weighted by Crippen LogP contribution is -2.50. The SMILES string of the molecule is Cc1cc(CCC(=O)N2CC(n3cc(-c4ccccc4)nn3)C2)ccc1F. The van der Waals surface area contributed by atoms with Crippen LogP contribution in [0.25, 0.3) is 11.3 Å². The molecule has 4 rings (SSSR count). The lowest BCUT2D eigenvalue weighted by molar-refractivity contribution is -0.137. The highest BCUT2D eigenvalue weighted by atomic mass is 19.1. The molecule has 5 nitrogen and oxygen atoms in total. The normalized spacial score (nSPS) is 14.2. The van der Waals surface area contributed by atoms with Crippen LogP contribution in [0.15, 0.2) is 54.7 Å². The largest absolute Gasteiger partial charge is 0.338 e. The zero-order valence-corrected chi connectivity index (χ0v) is 15.2. The molecule has 1 fully saturated rings. The lowest BCUT2D eigenvalue weighted by Gasteiger charge is -2.39. The summed E-state index contributed by atoms with van der Waals surface area (Å²) in [6, 6.07) is 15.1. The van der Waals surface area contributed by atoms with Crippen molar-refractivity contribution in [3.8, 4) is 11.3 Å². The monoisotopic (exact) mass is 364 g/mol. The summed E-state index contributed by atoms with van der Waals surface area (Å²) >= 11 is 0. The molecule has 2 aromatic carbocycles. The minimum Gasteiger partial charge on any atom is -0.338 e. The predicted octanol–water partition coefficient (Wildman–Crippen LogP) is 3.41. The Labute approximate surface area is 157 Å². The number of rotatable bonds is 5. The number of carbonyl (C=O) groups excluding carboxylic acids is 1. The van der Waals surface area contributed by atoms with Crippen LogP contribution in [0, 0.1) is 12.7 Å². The topological polar surface area (TPSA) is 51.0 Å². The Morgan fingerprint density at radius 1 is 1.19 bits per heavy atom. The second kappa shape index (κ2) is 7.31. The van der Waals surface area contributed by atoms with E-state index in [0.29, 0.717) is 31.5 Å². The number of benzene rings is 2. The number of halogens is 1. The highest BCUT2D eigenvalue weighted by molar-refractivity contribution is 5.77. The number of hydrogen-bond donors (Lipinski definition) is 0. The average Bonchev–Trinajstić information content (AvgIpc) is 3.12. The van der Waals surface area contributed by atoms with Gasteiger partial charge in [0.25, 0.3) is 0 Å². The van der Waals surface area contributed by atoms with E-state index in [1.165, 1.54) is 6.07 Å². The van der Waals surface area contributed by atoms with Crippen molar-refractivity contribution in [3.05, 3.63) is 71.7 Å². The van der Waals surface area contributed by atoms with Gasteiger partial charge in [-0.25, -0.2) is 9.07 Å². The van der Waals surface area contributed by atoms with E-state index in [1.807, 2.05) is 52.2 Å². The molecule has 6 heteroatoms. The molecule has 0 saturated carbocycles. The third kappa shape index (κ3) is 3.74. The lowest BCUT2D eigenvalue weighted by atomic mass is 10.0. The van der Waals surface area contributed by atoms with Crippen LogP contribution in [-0.2, 0) is 11.2 Å². The third-order valence-corrected chi connectivity index (χ3v) is 5.02. The number of likely N-dealkylation sites (tertiary alicyclic amines) is 1. The van der Waals surface area contributed by atoms with Crippen LogP contribution >= 0.6 is 0 Å². The van der Waals surface area contributed by atoms with Crippen molar-refractivity contribution in [2.24, 2.45) is 0 Å². The van der Waals surface area contributed by atoms with E-state index in [2.05, 4.69) is 10.3 Å². The van der Waals surface area contributed by atoms with E-state index in [4.69, 9.17) is 0 Å². The predicted molar refractivity (Wildman–Crippen MR) is 101 cm³/mol. The summed E-state index contributed by atoms with van der Waals surface area (Å²) in [6.45, 7) is 3.04. The zero-order valence-electron chi connectivity index (χ0n) is 15.2. The van der Waals surface area contributed by atoms with Gasteiger partial charge in [0.05, 0.1) is 12.2 Å². The van der Waals surface area contributed by atoms with Gasteiger partial charge in [0.2, 0.25) is 5.91 Å². The van der Waals surface area contributed by atoms with Crippen molar-refractivity contribution >= 4 is 5.91 Å². The maximum atomic E-state index is 13.3. The Kier molecular flexibility index (Phi) is 4.71. The number of amides is 1. The highest BCUT2D eigenvalue weighted by Gasteiger charge is 2.32. The van der Waals surface area contributed by atoms with Crippen LogP contribution in [0.4, 0.5) is 4.39 Å². The van der Waals surface area contributed by atoms with Crippen LogP contribution in [0.3, 0.4) is 0 Å². The van der Waals surface area contributed by atoms with Gasteiger partial charge in [0, 0.05) is 25.1 Å². The smallest absolute Gasteiger partial charge is 0.223 e. The number of hydrogen-bond acceptors (Lipinski definition) is 3. The van der Waals surface area contributed by atoms with Gasteiger partial charge >= 0.3 is 0 Å². The molecule has 0 aliphatic carbocycles. The Morgan fingerprint density at radius 2 is 1.96 bits per heavy atom. The first-order valence-electron chi connectivity index (χ1n) is 9.10. The second-order valence-electron chi connectivity index (χ2n) is 6.99. The van der Waals surface area contributed by atoms with Crippen LogP contribution < -0.4 is 0 Å². The molecule has 0 radical (unpaired) electrons. The number of aromatic nitrogens is 3. The minimum absolute atomic E-state index is 0.122. The van der Waals surface area contributed by atoms with Crippen LogP contribution in [-0.4, -0.2) is 38.9 Å². The van der Waals surface area contributed by atoms with E-state index < -0.39 is 0 Å².